The highest BCUT2D eigenvalue weighted by Gasteiger charge is 2.20. The first-order valence-electron chi connectivity index (χ1n) is 9.10. The molecule has 1 unspecified atom stereocenters. The first-order chi connectivity index (χ1) is 13.3. The van der Waals surface area contributed by atoms with Gasteiger partial charge in [0.15, 0.2) is 0 Å². The van der Waals surface area contributed by atoms with Crippen molar-refractivity contribution in [2.75, 3.05) is 24.7 Å². The molecule has 3 rings (SSSR count). The van der Waals surface area contributed by atoms with Gasteiger partial charge in [0.25, 0.3) is 10.0 Å². The number of nitrogens with zero attached hydrogens (tertiary/aromatic N) is 2. The lowest BCUT2D eigenvalue weighted by molar-refractivity contribution is -0.117. The number of carbonyl (C=O) groups is 1. The van der Waals surface area contributed by atoms with Gasteiger partial charge in [-0.15, -0.1) is 4.40 Å². The summed E-state index contributed by atoms with van der Waals surface area (Å²) in [6.07, 6.45) is 3.10. The molecular formula is C20H24N4O3S. The molecule has 0 aliphatic carbocycles. The monoisotopic (exact) mass is 400 g/mol. The number of nitrogens with two attached hydrogens (primary N) is 1. The van der Waals surface area contributed by atoms with E-state index in [1.54, 1.807) is 36.4 Å². The molecule has 2 aromatic carbocycles. The van der Waals surface area contributed by atoms with E-state index in [1.807, 2.05) is 23.1 Å². The number of benzene rings is 2. The fraction of sp³-hybridized carbons (Fsp3) is 0.300. The third-order valence-corrected chi connectivity index (χ3v) is 5.01. The number of likely N-dealkylation sites (tertiary alicyclic amines) is 1. The average molecular weight is 401 g/mol. The van der Waals surface area contributed by atoms with E-state index in [-0.39, 0.29) is 5.91 Å². The normalized spacial score (nSPS) is 16.1. The van der Waals surface area contributed by atoms with Crippen LogP contribution in [0.3, 0.4) is 0 Å². The number of amides is 1. The van der Waals surface area contributed by atoms with E-state index < -0.39 is 16.1 Å². The van der Waals surface area contributed by atoms with E-state index >= 15 is 0 Å². The summed E-state index contributed by atoms with van der Waals surface area (Å²) in [7, 11) is -3.52. The van der Waals surface area contributed by atoms with Crippen molar-refractivity contribution in [3.05, 3.63) is 65.7 Å². The summed E-state index contributed by atoms with van der Waals surface area (Å²) >= 11 is 0. The lowest BCUT2D eigenvalue weighted by Crippen LogP contribution is -2.30. The van der Waals surface area contributed by atoms with Crippen LogP contribution in [-0.2, 0) is 14.8 Å². The number of sulfonamides is 1. The van der Waals surface area contributed by atoms with Crippen LogP contribution in [0, 0.1) is 0 Å². The van der Waals surface area contributed by atoms with E-state index in [1.165, 1.54) is 0 Å². The Morgan fingerprint density at radius 2 is 1.68 bits per heavy atom. The fourth-order valence-electron chi connectivity index (χ4n) is 3.11. The van der Waals surface area contributed by atoms with Crippen LogP contribution in [0.15, 0.2) is 59.0 Å². The number of carbonyl (C=O) groups excluding carboxylic acids is 1. The van der Waals surface area contributed by atoms with Crippen molar-refractivity contribution in [3.8, 4) is 0 Å². The second-order valence-corrected chi connectivity index (χ2v) is 8.45. The summed E-state index contributed by atoms with van der Waals surface area (Å²) in [4.78, 5) is 14.4. The maximum absolute atomic E-state index is 12.4. The molecule has 0 aromatic heterocycles. The van der Waals surface area contributed by atoms with E-state index in [0.717, 1.165) is 37.8 Å². The van der Waals surface area contributed by atoms with Gasteiger partial charge >= 0.3 is 0 Å². The van der Waals surface area contributed by atoms with Crippen molar-refractivity contribution >= 4 is 27.5 Å². The lowest BCUT2D eigenvalue weighted by atomic mass is 10.1. The second-order valence-electron chi connectivity index (χ2n) is 6.80. The molecule has 1 aliphatic heterocycles. The SMILES string of the molecule is CS(=O)(=O)N=C(c1ccc(NC(=O)C(N)c2ccccc2)cc1)N1CCCC1. The third kappa shape index (κ3) is 5.17. The molecule has 1 amide bonds. The molecule has 1 heterocycles. The van der Waals surface area contributed by atoms with Gasteiger partial charge in [0.2, 0.25) is 5.91 Å². The summed E-state index contributed by atoms with van der Waals surface area (Å²) in [5, 5.41) is 2.79. The summed E-state index contributed by atoms with van der Waals surface area (Å²) in [5.41, 5.74) is 8.02. The van der Waals surface area contributed by atoms with Gasteiger partial charge in [-0.2, -0.15) is 0 Å². The molecule has 8 heteroatoms. The van der Waals surface area contributed by atoms with Crippen LogP contribution in [0.2, 0.25) is 0 Å². The number of hydrogen-bond donors (Lipinski definition) is 2. The Labute approximate surface area is 165 Å². The van der Waals surface area contributed by atoms with Gasteiger partial charge < -0.3 is 16.0 Å². The van der Waals surface area contributed by atoms with Crippen LogP contribution in [0.4, 0.5) is 5.69 Å². The first-order valence-corrected chi connectivity index (χ1v) is 10.9. The molecule has 1 fully saturated rings. The van der Waals surface area contributed by atoms with Gasteiger partial charge in [-0.3, -0.25) is 4.79 Å². The zero-order valence-electron chi connectivity index (χ0n) is 15.7. The van der Waals surface area contributed by atoms with Crippen LogP contribution in [0.25, 0.3) is 0 Å². The highest BCUT2D eigenvalue weighted by Crippen LogP contribution is 2.18. The van der Waals surface area contributed by atoms with Gasteiger partial charge in [0, 0.05) is 24.3 Å². The summed E-state index contributed by atoms with van der Waals surface area (Å²) in [5.74, 6) is 0.127. The van der Waals surface area contributed by atoms with E-state index in [9.17, 15) is 13.2 Å². The minimum absolute atomic E-state index is 0.316. The van der Waals surface area contributed by atoms with Crippen molar-refractivity contribution in [1.29, 1.82) is 0 Å². The van der Waals surface area contributed by atoms with Crippen molar-refractivity contribution in [1.82, 2.24) is 4.90 Å². The smallest absolute Gasteiger partial charge is 0.252 e. The molecular weight excluding hydrogens is 376 g/mol. The maximum Gasteiger partial charge on any atom is 0.252 e. The largest absolute Gasteiger partial charge is 0.355 e. The van der Waals surface area contributed by atoms with Crippen molar-refractivity contribution in [2.45, 2.75) is 18.9 Å². The Morgan fingerprint density at radius 3 is 2.25 bits per heavy atom. The first kappa shape index (κ1) is 20.0. The molecule has 2 aromatic rings. The third-order valence-electron chi connectivity index (χ3n) is 4.51. The number of nitrogens with one attached hydrogen (secondary N) is 1. The van der Waals surface area contributed by atoms with E-state index in [0.29, 0.717) is 17.1 Å². The molecule has 7 nitrogen and oxygen atoms in total. The Balaban J connectivity index is 1.76. The average Bonchev–Trinajstić information content (AvgIpc) is 3.21. The molecule has 28 heavy (non-hydrogen) atoms. The Kier molecular flexibility index (Phi) is 6.11. The van der Waals surface area contributed by atoms with E-state index in [2.05, 4.69) is 9.71 Å². The Morgan fingerprint density at radius 1 is 1.07 bits per heavy atom. The second kappa shape index (κ2) is 8.53. The summed E-state index contributed by atoms with van der Waals surface area (Å²) in [6, 6.07) is 15.3. The molecule has 0 bridgehead atoms. The number of amidine groups is 1. The summed E-state index contributed by atoms with van der Waals surface area (Å²) in [6.45, 7) is 1.55. The van der Waals surface area contributed by atoms with Crippen LogP contribution >= 0.6 is 0 Å². The van der Waals surface area contributed by atoms with Crippen molar-refractivity contribution in [2.24, 2.45) is 10.1 Å². The molecule has 3 N–H and O–H groups in total. The predicted molar refractivity (Wildman–Crippen MR) is 111 cm³/mol. The van der Waals surface area contributed by atoms with Crippen LogP contribution in [0.5, 0.6) is 0 Å². The zero-order valence-corrected chi connectivity index (χ0v) is 16.5. The van der Waals surface area contributed by atoms with Gasteiger partial charge in [-0.05, 0) is 42.7 Å². The van der Waals surface area contributed by atoms with Crippen LogP contribution < -0.4 is 11.1 Å². The lowest BCUT2D eigenvalue weighted by Gasteiger charge is -2.20. The van der Waals surface area contributed by atoms with Crippen molar-refractivity contribution < 1.29 is 13.2 Å². The predicted octanol–water partition coefficient (Wildman–Crippen LogP) is 2.13. The van der Waals surface area contributed by atoms with Gasteiger partial charge in [0.05, 0.1) is 6.26 Å². The highest BCUT2D eigenvalue weighted by molar-refractivity contribution is 7.89. The molecule has 0 saturated carbocycles. The molecule has 1 aliphatic rings. The summed E-state index contributed by atoms with van der Waals surface area (Å²) < 4.78 is 27.3. The molecule has 0 radical (unpaired) electrons. The Bertz CT molecular complexity index is 951. The number of hydrogen-bond acceptors (Lipinski definition) is 4. The highest BCUT2D eigenvalue weighted by atomic mass is 32.2. The molecule has 1 atom stereocenters. The van der Waals surface area contributed by atoms with E-state index in [4.69, 9.17) is 5.73 Å². The van der Waals surface area contributed by atoms with Gasteiger partial charge in [-0.1, -0.05) is 30.3 Å². The molecule has 148 valence electrons. The quantitative estimate of drug-likeness (QED) is 0.591. The van der Waals surface area contributed by atoms with Gasteiger partial charge in [-0.25, -0.2) is 8.42 Å². The molecule has 0 spiro atoms. The minimum atomic E-state index is -3.52. The fourth-order valence-corrected chi connectivity index (χ4v) is 3.65. The topological polar surface area (TPSA) is 105 Å². The Hall–Kier alpha value is -2.71. The number of rotatable bonds is 5. The zero-order chi connectivity index (χ0) is 20.1. The van der Waals surface area contributed by atoms with Crippen molar-refractivity contribution in [3.63, 3.8) is 0 Å². The minimum Gasteiger partial charge on any atom is -0.355 e. The molecule has 1 saturated heterocycles. The maximum atomic E-state index is 12.4. The number of anilines is 1. The van der Waals surface area contributed by atoms with Crippen LogP contribution in [-0.4, -0.2) is 44.4 Å². The van der Waals surface area contributed by atoms with Gasteiger partial charge in [0.1, 0.15) is 11.9 Å². The van der Waals surface area contributed by atoms with Crippen LogP contribution in [0.1, 0.15) is 30.0 Å². The standard InChI is InChI=1S/C20H24N4O3S/c1-28(26,27)23-19(24-13-5-6-14-24)16-9-11-17(12-10-16)22-20(25)18(21)15-7-3-2-4-8-15/h2-4,7-12,18H,5-6,13-14,21H2,1H3,(H,22,25).